The quantitative estimate of drug-likeness (QED) is 0.392. The second-order valence-electron chi connectivity index (χ2n) is 9.50. The van der Waals surface area contributed by atoms with Crippen LogP contribution in [0.2, 0.25) is 0 Å². The van der Waals surface area contributed by atoms with Crippen LogP contribution < -0.4 is 65.6 Å². The van der Waals surface area contributed by atoms with Crippen molar-refractivity contribution in [3.8, 4) is 22.3 Å². The van der Waals surface area contributed by atoms with Crippen LogP contribution in [0.5, 0.6) is 0 Å². The van der Waals surface area contributed by atoms with E-state index < -0.39 is 0 Å². The van der Waals surface area contributed by atoms with Gasteiger partial charge in [-0.05, 0) is 22.3 Å². The van der Waals surface area contributed by atoms with Crippen molar-refractivity contribution in [2.24, 2.45) is 0 Å². The molecular weight excluding hydrogens is 346 g/mol. The molecule has 3 aromatic rings. The van der Waals surface area contributed by atoms with Crippen LogP contribution in [0.3, 0.4) is 0 Å². The molecule has 0 atom stereocenters. The van der Waals surface area contributed by atoms with Crippen molar-refractivity contribution in [2.45, 2.75) is 0 Å². The second-order valence-corrected chi connectivity index (χ2v) is 9.50. The lowest BCUT2D eigenvalue weighted by Crippen LogP contribution is -2.56. The van der Waals surface area contributed by atoms with Gasteiger partial charge in [0.05, 0.1) is 0 Å². The first-order chi connectivity index (χ1) is 13.9. The molecule has 0 aromatic heterocycles. The fourth-order valence-corrected chi connectivity index (χ4v) is 5.33. The molecule has 0 amide bonds. The maximum absolute atomic E-state index is 2.40. The van der Waals surface area contributed by atoms with E-state index >= 15 is 0 Å². The van der Waals surface area contributed by atoms with Crippen LogP contribution in [0.15, 0.2) is 12.1 Å². The Kier molecular flexibility index (Phi) is 6.30. The molecule has 3 aromatic carbocycles. The van der Waals surface area contributed by atoms with Crippen LogP contribution >= 0.6 is 0 Å². The molecule has 0 aliphatic heterocycles. The first-order valence-corrected chi connectivity index (χ1v) is 11.2. The van der Waals surface area contributed by atoms with Gasteiger partial charge in [0, 0.05) is 0 Å². The van der Waals surface area contributed by atoms with Gasteiger partial charge in [-0.3, -0.25) is 0 Å². The van der Waals surface area contributed by atoms with Crippen LogP contribution in [-0.2, 0) is 0 Å². The van der Waals surface area contributed by atoms with Crippen LogP contribution in [0, 0.1) is 0 Å². The Labute approximate surface area is 193 Å². The van der Waals surface area contributed by atoms with Gasteiger partial charge in [-0.1, -0.05) is 50.4 Å². The minimum atomic E-state index is 1.37. The van der Waals surface area contributed by atoms with E-state index in [4.69, 9.17) is 0 Å². The molecule has 0 aliphatic rings. The van der Waals surface area contributed by atoms with Crippen molar-refractivity contribution >= 4 is 160 Å². The van der Waals surface area contributed by atoms with Crippen LogP contribution in [0.4, 0.5) is 0 Å². The molecule has 0 saturated heterocycles. The third kappa shape index (κ3) is 3.45. The van der Waals surface area contributed by atoms with Gasteiger partial charge in [0.25, 0.3) is 0 Å². The average molecular weight is 372 g/mol. The van der Waals surface area contributed by atoms with E-state index in [1.54, 1.807) is 0 Å². The van der Waals surface area contributed by atoms with Gasteiger partial charge in [-0.15, -0.1) is 27.3 Å². The minimum Gasteiger partial charge on any atom is -0.102 e. The summed E-state index contributed by atoms with van der Waals surface area (Å²) >= 11 is 0. The third-order valence-corrected chi connectivity index (χ3v) is 7.97. The summed E-state index contributed by atoms with van der Waals surface area (Å²) in [6.45, 7) is 0. The van der Waals surface area contributed by atoms with E-state index in [1.807, 2.05) is 0 Å². The molecule has 0 aliphatic carbocycles. The minimum absolute atomic E-state index is 1.37. The molecule has 0 radical (unpaired) electrons. The summed E-state index contributed by atoms with van der Waals surface area (Å²) in [7, 11) is 27.3. The lowest BCUT2D eigenvalue weighted by Gasteiger charge is -2.27. The van der Waals surface area contributed by atoms with Crippen molar-refractivity contribution in [1.29, 1.82) is 0 Å². The highest BCUT2D eigenvalue weighted by molar-refractivity contribution is 6.70. The number of benzene rings is 3. The molecule has 0 saturated carbocycles. The Balaban J connectivity index is 2.48. The summed E-state index contributed by atoms with van der Waals surface area (Å²) in [4.78, 5) is 0. The van der Waals surface area contributed by atoms with Crippen molar-refractivity contribution in [3.63, 3.8) is 0 Å². The number of rotatable bonds is 2. The van der Waals surface area contributed by atoms with E-state index in [-0.39, 0.29) is 0 Å². The van der Waals surface area contributed by atoms with Gasteiger partial charge in [-0.25, -0.2) is 0 Å². The van der Waals surface area contributed by atoms with Gasteiger partial charge in [-0.2, -0.15) is 0 Å². The van der Waals surface area contributed by atoms with Gasteiger partial charge in [0.15, 0.2) is 0 Å². The zero-order valence-corrected chi connectivity index (χ0v) is 21.2. The second kappa shape index (κ2) is 8.17. The molecule has 0 unspecified atom stereocenters. The Morgan fingerprint density at radius 2 is 0.733 bits per heavy atom. The van der Waals surface area contributed by atoms with Gasteiger partial charge in [0.2, 0.25) is 0 Å². The highest BCUT2D eigenvalue weighted by Crippen LogP contribution is 2.16. The third-order valence-electron chi connectivity index (χ3n) is 7.97. The van der Waals surface area contributed by atoms with Crippen LogP contribution in [-0.4, -0.2) is 94.2 Å². The van der Waals surface area contributed by atoms with E-state index in [9.17, 15) is 0 Å². The molecule has 12 heteroatoms. The molecule has 0 heterocycles. The molecule has 0 fully saturated rings. The first kappa shape index (κ1) is 23.1. The van der Waals surface area contributed by atoms with Gasteiger partial charge >= 0.3 is 0 Å². The highest BCUT2D eigenvalue weighted by Gasteiger charge is 2.20. The molecule has 3 rings (SSSR count). The zero-order chi connectivity index (χ0) is 22.7. The number of hydrogen-bond donors (Lipinski definition) is 0. The molecule has 0 bridgehead atoms. The molecular formula is C18H26B12. The summed E-state index contributed by atoms with van der Waals surface area (Å²) in [6, 6.07) is 4.79. The smallest absolute Gasteiger partial charge is 0.102 e. The lowest BCUT2D eigenvalue weighted by atomic mass is 9.57. The summed E-state index contributed by atoms with van der Waals surface area (Å²) < 4.78 is 0. The SMILES string of the molecule is Bc1cc(-c2c(B)cc(B)c(-c3c(B)c(B)c(B)c(B)c3B)c2B)c(B)c(B)c1B. The summed E-state index contributed by atoms with van der Waals surface area (Å²) in [5.41, 5.74) is 22.5. The molecule has 0 N–H and O–H groups in total. The molecule has 134 valence electrons. The average Bonchev–Trinajstić information content (AvgIpc) is 2.69. The fraction of sp³-hybridized carbons (Fsp3) is 0. The Bertz CT molecular complexity index is 1190. The largest absolute Gasteiger partial charge is 0.140 e. The summed E-state index contributed by atoms with van der Waals surface area (Å²) in [5.74, 6) is 0. The molecule has 0 nitrogen and oxygen atoms in total. The summed E-state index contributed by atoms with van der Waals surface area (Å²) in [5, 5.41) is 0. The standard InChI is InChI=1S/C18H26B12/c19-4-2-5(20)8(9-13(25)16(28)18(30)17(29)14(9)26)12(24)7(4)3-1-6(21)11(23)15(27)10(3)22/h1-2H,19-30H2. The van der Waals surface area contributed by atoms with Crippen molar-refractivity contribution < 1.29 is 0 Å². The lowest BCUT2D eigenvalue weighted by molar-refractivity contribution is 1.78. The predicted molar refractivity (Wildman–Crippen MR) is 175 cm³/mol. The topological polar surface area (TPSA) is 0 Å². The maximum Gasteiger partial charge on any atom is 0.140 e. The van der Waals surface area contributed by atoms with Gasteiger partial charge in [0.1, 0.15) is 94.2 Å². The van der Waals surface area contributed by atoms with E-state index in [0.29, 0.717) is 0 Å². The van der Waals surface area contributed by atoms with E-state index in [0.717, 1.165) is 0 Å². The van der Waals surface area contributed by atoms with Gasteiger partial charge < -0.3 is 0 Å². The normalized spacial score (nSPS) is 10.9. The number of hydrogen-bond acceptors (Lipinski definition) is 0. The van der Waals surface area contributed by atoms with Crippen LogP contribution in [0.25, 0.3) is 22.3 Å². The monoisotopic (exact) mass is 374 g/mol. The Morgan fingerprint density at radius 1 is 0.300 bits per heavy atom. The zero-order valence-electron chi connectivity index (χ0n) is 21.2. The maximum atomic E-state index is 2.40. The fourth-order valence-electron chi connectivity index (χ4n) is 5.33. The predicted octanol–water partition coefficient (Wildman–Crippen LogP) is -15.9. The Morgan fingerprint density at radius 3 is 1.27 bits per heavy atom. The highest BCUT2D eigenvalue weighted by atomic mass is 14.2. The van der Waals surface area contributed by atoms with Crippen molar-refractivity contribution in [2.75, 3.05) is 0 Å². The first-order valence-electron chi connectivity index (χ1n) is 11.2. The van der Waals surface area contributed by atoms with E-state index in [1.165, 1.54) is 87.8 Å². The Hall–Kier alpha value is -1.56. The van der Waals surface area contributed by atoms with Crippen LogP contribution in [0.1, 0.15) is 0 Å². The molecule has 30 heavy (non-hydrogen) atoms. The molecule has 0 spiro atoms. The van der Waals surface area contributed by atoms with Crippen molar-refractivity contribution in [3.05, 3.63) is 12.1 Å². The summed E-state index contributed by atoms with van der Waals surface area (Å²) in [6.07, 6.45) is 0. The van der Waals surface area contributed by atoms with E-state index in [2.05, 4.69) is 106 Å². The van der Waals surface area contributed by atoms with Crippen molar-refractivity contribution in [1.82, 2.24) is 0 Å².